The summed E-state index contributed by atoms with van der Waals surface area (Å²) in [5, 5.41) is 6.53. The summed E-state index contributed by atoms with van der Waals surface area (Å²) >= 11 is 0. The van der Waals surface area contributed by atoms with Gasteiger partial charge in [0.15, 0.2) is 5.82 Å². The van der Waals surface area contributed by atoms with Crippen LogP contribution in [0.3, 0.4) is 0 Å². The van der Waals surface area contributed by atoms with Gasteiger partial charge in [0.25, 0.3) is 5.89 Å². The summed E-state index contributed by atoms with van der Waals surface area (Å²) in [6, 6.07) is 6.91. The number of aromatic nitrogens is 4. The van der Waals surface area contributed by atoms with Crippen molar-refractivity contribution in [3.8, 4) is 11.5 Å². The van der Waals surface area contributed by atoms with Gasteiger partial charge in [-0.05, 0) is 19.1 Å². The van der Waals surface area contributed by atoms with Gasteiger partial charge in [-0.2, -0.15) is 4.98 Å². The van der Waals surface area contributed by atoms with Gasteiger partial charge in [0, 0.05) is 12.4 Å². The highest BCUT2D eigenvalue weighted by Crippen LogP contribution is 2.26. The van der Waals surface area contributed by atoms with Gasteiger partial charge in [-0.1, -0.05) is 17.3 Å². The van der Waals surface area contributed by atoms with Gasteiger partial charge in [-0.15, -0.1) is 0 Å². The zero-order valence-electron chi connectivity index (χ0n) is 10.6. The van der Waals surface area contributed by atoms with Crippen LogP contribution in [-0.4, -0.2) is 25.7 Å². The van der Waals surface area contributed by atoms with Crippen molar-refractivity contribution in [2.24, 2.45) is 0 Å². The van der Waals surface area contributed by atoms with Crippen LogP contribution >= 0.6 is 0 Å². The second-order valence-electron chi connectivity index (χ2n) is 4.09. The van der Waals surface area contributed by atoms with E-state index < -0.39 is 0 Å². The van der Waals surface area contributed by atoms with Crippen LogP contribution in [0.15, 0.2) is 47.5 Å². The van der Waals surface area contributed by atoms with Gasteiger partial charge < -0.3 is 9.84 Å². The molecular formula is C13H11N5O2. The van der Waals surface area contributed by atoms with E-state index in [0.717, 1.165) is 0 Å². The van der Waals surface area contributed by atoms with Crippen LogP contribution in [0.25, 0.3) is 11.5 Å². The molecule has 7 heteroatoms. The molecule has 0 fully saturated rings. The molecule has 100 valence electrons. The van der Waals surface area contributed by atoms with Gasteiger partial charge in [0.05, 0.1) is 11.3 Å². The lowest BCUT2D eigenvalue weighted by molar-refractivity contribution is 0.253. The molecule has 0 unspecified atom stereocenters. The zero-order valence-corrected chi connectivity index (χ0v) is 10.6. The molecule has 0 radical (unpaired) electrons. The van der Waals surface area contributed by atoms with E-state index in [0.29, 0.717) is 23.0 Å². The van der Waals surface area contributed by atoms with E-state index in [1.54, 1.807) is 25.3 Å². The Hall–Kier alpha value is -2.96. The predicted octanol–water partition coefficient (Wildman–Crippen LogP) is 2.32. The molecule has 0 spiro atoms. The molecule has 0 aliphatic heterocycles. The van der Waals surface area contributed by atoms with Crippen molar-refractivity contribution in [2.45, 2.75) is 6.92 Å². The molecule has 1 N–H and O–H groups in total. The van der Waals surface area contributed by atoms with Gasteiger partial charge in [0.2, 0.25) is 0 Å². The molecule has 0 aliphatic carbocycles. The number of nitrogens with zero attached hydrogens (tertiary/aromatic N) is 4. The molecule has 0 saturated heterocycles. The Morgan fingerprint density at radius 1 is 1.35 bits per heavy atom. The standard InChI is InChI=1S/C13H11N5O2/c1-9-15-12(20-17-9)10-4-2-3-5-11(10)16-13(19)18-7-6-14-8-18/h2-8H,1H3,(H,16,19). The molecule has 3 rings (SSSR count). The van der Waals surface area contributed by atoms with Crippen LogP contribution in [0.1, 0.15) is 5.82 Å². The number of aryl methyl sites for hydroxylation is 1. The third-order valence-electron chi connectivity index (χ3n) is 2.67. The summed E-state index contributed by atoms with van der Waals surface area (Å²) in [7, 11) is 0. The number of amides is 1. The van der Waals surface area contributed by atoms with E-state index in [4.69, 9.17) is 4.52 Å². The number of rotatable bonds is 2. The molecule has 7 nitrogen and oxygen atoms in total. The summed E-state index contributed by atoms with van der Waals surface area (Å²) in [5.74, 6) is 0.903. The number of imidazole rings is 1. The first-order chi connectivity index (χ1) is 9.74. The summed E-state index contributed by atoms with van der Waals surface area (Å²) in [6.45, 7) is 1.74. The fourth-order valence-corrected chi connectivity index (χ4v) is 1.74. The maximum absolute atomic E-state index is 12.0. The quantitative estimate of drug-likeness (QED) is 0.771. The van der Waals surface area contributed by atoms with Crippen LogP contribution in [0, 0.1) is 6.92 Å². The van der Waals surface area contributed by atoms with Crippen molar-refractivity contribution in [3.63, 3.8) is 0 Å². The second kappa shape index (κ2) is 4.96. The monoisotopic (exact) mass is 269 g/mol. The molecule has 0 saturated carbocycles. The lowest BCUT2D eigenvalue weighted by Gasteiger charge is -2.08. The lowest BCUT2D eigenvalue weighted by Crippen LogP contribution is -2.18. The maximum atomic E-state index is 12.0. The van der Waals surface area contributed by atoms with Gasteiger partial charge in [-0.25, -0.2) is 9.78 Å². The summed E-state index contributed by atoms with van der Waals surface area (Å²) < 4.78 is 6.47. The number of carbonyl (C=O) groups excluding carboxylic acids is 1. The van der Waals surface area contributed by atoms with E-state index in [1.165, 1.54) is 17.1 Å². The molecule has 1 aromatic carbocycles. The molecular weight excluding hydrogens is 258 g/mol. The molecule has 3 aromatic rings. The molecule has 2 heterocycles. The van der Waals surface area contributed by atoms with Crippen molar-refractivity contribution in [1.29, 1.82) is 0 Å². The van der Waals surface area contributed by atoms with Crippen LogP contribution < -0.4 is 5.32 Å². The van der Waals surface area contributed by atoms with E-state index in [2.05, 4.69) is 20.4 Å². The average Bonchev–Trinajstić information content (AvgIpc) is 3.10. The Balaban J connectivity index is 1.92. The summed E-state index contributed by atoms with van der Waals surface area (Å²) in [5.41, 5.74) is 1.26. The number of anilines is 1. The van der Waals surface area contributed by atoms with Gasteiger partial charge >= 0.3 is 6.03 Å². The maximum Gasteiger partial charge on any atom is 0.331 e. The van der Waals surface area contributed by atoms with Crippen molar-refractivity contribution in [2.75, 3.05) is 5.32 Å². The fourth-order valence-electron chi connectivity index (χ4n) is 1.74. The molecule has 2 aromatic heterocycles. The largest absolute Gasteiger partial charge is 0.334 e. The zero-order chi connectivity index (χ0) is 13.9. The van der Waals surface area contributed by atoms with E-state index in [1.807, 2.05) is 12.1 Å². The Morgan fingerprint density at radius 3 is 2.90 bits per heavy atom. The van der Waals surface area contributed by atoms with Gasteiger partial charge in [-0.3, -0.25) is 4.57 Å². The second-order valence-corrected chi connectivity index (χ2v) is 4.09. The van der Waals surface area contributed by atoms with Crippen molar-refractivity contribution < 1.29 is 9.32 Å². The molecule has 1 amide bonds. The van der Waals surface area contributed by atoms with E-state index in [-0.39, 0.29) is 6.03 Å². The number of benzene rings is 1. The average molecular weight is 269 g/mol. The molecule has 20 heavy (non-hydrogen) atoms. The number of hydrogen-bond acceptors (Lipinski definition) is 5. The van der Waals surface area contributed by atoms with Crippen LogP contribution in [0.5, 0.6) is 0 Å². The number of nitrogens with one attached hydrogen (secondary N) is 1. The minimum atomic E-state index is -0.314. The Bertz CT molecular complexity index is 733. The number of carbonyl (C=O) groups is 1. The number of hydrogen-bond donors (Lipinski definition) is 1. The molecule has 0 aliphatic rings. The highest BCUT2D eigenvalue weighted by Gasteiger charge is 2.13. The molecule has 0 bridgehead atoms. The van der Waals surface area contributed by atoms with Gasteiger partial charge in [0.1, 0.15) is 6.33 Å². The first-order valence-electron chi connectivity index (χ1n) is 5.93. The van der Waals surface area contributed by atoms with Crippen LogP contribution in [0.4, 0.5) is 10.5 Å². The highest BCUT2D eigenvalue weighted by molar-refractivity contribution is 5.94. The first-order valence-corrected chi connectivity index (χ1v) is 5.93. The lowest BCUT2D eigenvalue weighted by atomic mass is 10.2. The minimum absolute atomic E-state index is 0.314. The Labute approximate surface area is 114 Å². The predicted molar refractivity (Wildman–Crippen MR) is 71.1 cm³/mol. The normalized spacial score (nSPS) is 10.4. The molecule has 0 atom stereocenters. The van der Waals surface area contributed by atoms with E-state index in [9.17, 15) is 4.79 Å². The number of para-hydroxylation sites is 1. The third-order valence-corrected chi connectivity index (χ3v) is 2.67. The van der Waals surface area contributed by atoms with Crippen molar-refractivity contribution in [3.05, 3.63) is 48.8 Å². The topological polar surface area (TPSA) is 85.8 Å². The Morgan fingerprint density at radius 2 is 2.20 bits per heavy atom. The van der Waals surface area contributed by atoms with Crippen molar-refractivity contribution >= 4 is 11.7 Å². The van der Waals surface area contributed by atoms with Crippen LogP contribution in [-0.2, 0) is 0 Å². The SMILES string of the molecule is Cc1noc(-c2ccccc2NC(=O)n2ccnc2)n1. The highest BCUT2D eigenvalue weighted by atomic mass is 16.5. The summed E-state index contributed by atoms with van der Waals surface area (Å²) in [4.78, 5) is 20.0. The Kier molecular flexibility index (Phi) is 3.00. The van der Waals surface area contributed by atoms with Crippen molar-refractivity contribution in [1.82, 2.24) is 19.7 Å². The fraction of sp³-hybridized carbons (Fsp3) is 0.0769. The first kappa shape index (κ1) is 12.1. The minimum Gasteiger partial charge on any atom is -0.334 e. The third kappa shape index (κ3) is 2.28. The summed E-state index contributed by atoms with van der Waals surface area (Å²) in [6.07, 6.45) is 4.52. The van der Waals surface area contributed by atoms with Crippen LogP contribution in [0.2, 0.25) is 0 Å². The smallest absolute Gasteiger partial charge is 0.331 e. The van der Waals surface area contributed by atoms with E-state index >= 15 is 0 Å².